The zero-order chi connectivity index (χ0) is 18.3. The summed E-state index contributed by atoms with van der Waals surface area (Å²) in [7, 11) is 0. The Hall–Kier alpha value is -1.50. The number of carbonyl (C=O) groups is 1. The highest BCUT2D eigenvalue weighted by atomic mass is 35.5. The summed E-state index contributed by atoms with van der Waals surface area (Å²) in [6, 6.07) is 5.16. The van der Waals surface area contributed by atoms with Crippen molar-refractivity contribution in [2.75, 3.05) is 19.6 Å². The van der Waals surface area contributed by atoms with E-state index in [1.54, 1.807) is 45.9 Å². The molecular weight excluding hydrogens is 332 g/mol. The van der Waals surface area contributed by atoms with Crippen molar-refractivity contribution in [1.29, 1.82) is 0 Å². The van der Waals surface area contributed by atoms with Crippen LogP contribution in [-0.4, -0.2) is 52.5 Å². The van der Waals surface area contributed by atoms with E-state index in [1.807, 2.05) is 0 Å². The molecule has 0 bridgehead atoms. The Morgan fingerprint density at radius 1 is 1.42 bits per heavy atom. The first kappa shape index (κ1) is 20.5. The summed E-state index contributed by atoms with van der Waals surface area (Å²) >= 11 is 5.86. The number of carbonyl (C=O) groups excluding carboxylic acids is 1. The SMILES string of the molecule is CC(O)CN(CCNCc1cccc(Cl)c1O)C(=O)OC(C)(C)C. The zero-order valence-corrected chi connectivity index (χ0v) is 15.4. The van der Waals surface area contributed by atoms with Crippen LogP contribution in [0.3, 0.4) is 0 Å². The van der Waals surface area contributed by atoms with Gasteiger partial charge >= 0.3 is 6.09 Å². The van der Waals surface area contributed by atoms with E-state index < -0.39 is 17.8 Å². The van der Waals surface area contributed by atoms with Gasteiger partial charge in [-0.15, -0.1) is 0 Å². The number of nitrogens with one attached hydrogen (secondary N) is 1. The number of aliphatic hydroxyl groups is 1. The van der Waals surface area contributed by atoms with Crippen LogP contribution in [0.5, 0.6) is 5.75 Å². The maximum absolute atomic E-state index is 12.2. The molecule has 136 valence electrons. The standard InChI is InChI=1S/C17H27ClN2O4/c1-12(21)11-20(16(23)24-17(2,3)4)9-8-19-10-13-6-5-7-14(18)15(13)22/h5-7,12,19,21-22H,8-11H2,1-4H3. The van der Waals surface area contributed by atoms with Gasteiger partial charge in [-0.2, -0.15) is 0 Å². The fourth-order valence-corrected chi connectivity index (χ4v) is 2.24. The van der Waals surface area contributed by atoms with E-state index in [0.717, 1.165) is 0 Å². The van der Waals surface area contributed by atoms with Crippen molar-refractivity contribution in [3.8, 4) is 5.75 Å². The number of nitrogens with zero attached hydrogens (tertiary/aromatic N) is 1. The number of hydrogen-bond donors (Lipinski definition) is 3. The minimum Gasteiger partial charge on any atom is -0.506 e. The van der Waals surface area contributed by atoms with Gasteiger partial charge in [-0.3, -0.25) is 0 Å². The second-order valence-electron chi connectivity index (χ2n) is 6.70. The monoisotopic (exact) mass is 358 g/mol. The Morgan fingerprint density at radius 3 is 2.67 bits per heavy atom. The zero-order valence-electron chi connectivity index (χ0n) is 14.7. The van der Waals surface area contributed by atoms with Crippen LogP contribution in [0.4, 0.5) is 4.79 Å². The number of ether oxygens (including phenoxy) is 1. The molecule has 6 nitrogen and oxygen atoms in total. The molecule has 0 aromatic heterocycles. The molecule has 1 atom stereocenters. The lowest BCUT2D eigenvalue weighted by atomic mass is 10.2. The Bertz CT molecular complexity index is 544. The maximum Gasteiger partial charge on any atom is 0.410 e. The number of benzene rings is 1. The molecule has 3 N–H and O–H groups in total. The van der Waals surface area contributed by atoms with Crippen LogP contribution in [-0.2, 0) is 11.3 Å². The summed E-state index contributed by atoms with van der Waals surface area (Å²) in [4.78, 5) is 13.6. The van der Waals surface area contributed by atoms with Crippen molar-refractivity contribution in [3.63, 3.8) is 0 Å². The average Bonchev–Trinajstić information content (AvgIpc) is 2.44. The van der Waals surface area contributed by atoms with Crippen LogP contribution in [0, 0.1) is 0 Å². The lowest BCUT2D eigenvalue weighted by Gasteiger charge is -2.28. The number of halogens is 1. The molecule has 24 heavy (non-hydrogen) atoms. The van der Waals surface area contributed by atoms with Gasteiger partial charge < -0.3 is 25.2 Å². The minimum atomic E-state index is -0.644. The lowest BCUT2D eigenvalue weighted by molar-refractivity contribution is 0.0164. The van der Waals surface area contributed by atoms with Gasteiger partial charge in [-0.25, -0.2) is 4.79 Å². The molecule has 0 spiro atoms. The van der Waals surface area contributed by atoms with Gasteiger partial charge in [0.1, 0.15) is 11.4 Å². The number of phenols is 1. The van der Waals surface area contributed by atoms with Crippen LogP contribution in [0.1, 0.15) is 33.3 Å². The Labute approximate surface area is 148 Å². The third kappa shape index (κ3) is 7.38. The molecule has 1 aromatic carbocycles. The van der Waals surface area contributed by atoms with E-state index in [4.69, 9.17) is 16.3 Å². The third-order valence-electron chi connectivity index (χ3n) is 3.08. The van der Waals surface area contributed by atoms with E-state index >= 15 is 0 Å². The van der Waals surface area contributed by atoms with E-state index in [9.17, 15) is 15.0 Å². The number of aromatic hydroxyl groups is 1. The van der Waals surface area contributed by atoms with Crippen molar-refractivity contribution in [3.05, 3.63) is 28.8 Å². The summed E-state index contributed by atoms with van der Waals surface area (Å²) in [5, 5.41) is 22.9. The molecule has 0 aliphatic rings. The summed E-state index contributed by atoms with van der Waals surface area (Å²) in [5.41, 5.74) is 0.0930. The number of aliphatic hydroxyl groups excluding tert-OH is 1. The fraction of sp³-hybridized carbons (Fsp3) is 0.588. The molecule has 1 aromatic rings. The smallest absolute Gasteiger partial charge is 0.410 e. The van der Waals surface area contributed by atoms with Crippen molar-refractivity contribution in [2.45, 2.75) is 45.9 Å². The topological polar surface area (TPSA) is 82.0 Å². The van der Waals surface area contributed by atoms with Crippen LogP contribution in [0.2, 0.25) is 5.02 Å². The van der Waals surface area contributed by atoms with Gasteiger partial charge in [0.15, 0.2) is 0 Å². The highest BCUT2D eigenvalue weighted by molar-refractivity contribution is 6.32. The number of phenolic OH excluding ortho intramolecular Hbond substituents is 1. The lowest BCUT2D eigenvalue weighted by Crippen LogP contribution is -2.43. The van der Waals surface area contributed by atoms with Crippen molar-refractivity contribution < 1.29 is 19.7 Å². The quantitative estimate of drug-likeness (QED) is 0.653. The van der Waals surface area contributed by atoms with E-state index in [-0.39, 0.29) is 12.3 Å². The van der Waals surface area contributed by atoms with Gasteiger partial charge in [0.2, 0.25) is 0 Å². The molecule has 0 fully saturated rings. The molecule has 0 radical (unpaired) electrons. The molecule has 0 saturated carbocycles. The Balaban J connectivity index is 2.53. The highest BCUT2D eigenvalue weighted by Crippen LogP contribution is 2.26. The molecule has 1 amide bonds. The van der Waals surface area contributed by atoms with Crippen LogP contribution < -0.4 is 5.32 Å². The number of amides is 1. The summed E-state index contributed by atoms with van der Waals surface area (Å²) in [6.45, 7) is 8.49. The molecule has 0 aliphatic carbocycles. The number of rotatable bonds is 7. The van der Waals surface area contributed by atoms with Gasteiger partial charge in [0, 0.05) is 31.7 Å². The van der Waals surface area contributed by atoms with Crippen LogP contribution in [0.15, 0.2) is 18.2 Å². The molecule has 0 heterocycles. The molecule has 0 aliphatic heterocycles. The summed E-state index contributed by atoms with van der Waals surface area (Å²) in [5.74, 6) is 0.0552. The average molecular weight is 359 g/mol. The fourth-order valence-electron chi connectivity index (χ4n) is 2.04. The van der Waals surface area contributed by atoms with Gasteiger partial charge in [-0.1, -0.05) is 23.7 Å². The molecule has 1 unspecified atom stereocenters. The van der Waals surface area contributed by atoms with Crippen molar-refractivity contribution in [2.24, 2.45) is 0 Å². The second-order valence-corrected chi connectivity index (χ2v) is 7.11. The van der Waals surface area contributed by atoms with Crippen LogP contribution in [0.25, 0.3) is 0 Å². The normalized spacial score (nSPS) is 12.8. The summed E-state index contributed by atoms with van der Waals surface area (Å²) in [6.07, 6.45) is -1.11. The number of para-hydroxylation sites is 1. The van der Waals surface area contributed by atoms with Crippen molar-refractivity contribution >= 4 is 17.7 Å². The third-order valence-corrected chi connectivity index (χ3v) is 3.39. The Morgan fingerprint density at radius 2 is 2.08 bits per heavy atom. The first-order chi connectivity index (χ1) is 11.1. The predicted octanol–water partition coefficient (Wildman–Crippen LogP) is 2.75. The molecule has 7 heteroatoms. The molecular formula is C17H27ClN2O4. The van der Waals surface area contributed by atoms with Gasteiger partial charge in [-0.05, 0) is 33.8 Å². The summed E-state index contributed by atoms with van der Waals surface area (Å²) < 4.78 is 5.34. The predicted molar refractivity (Wildman–Crippen MR) is 94.3 cm³/mol. The largest absolute Gasteiger partial charge is 0.506 e. The van der Waals surface area contributed by atoms with Crippen LogP contribution >= 0.6 is 11.6 Å². The molecule has 1 rings (SSSR count). The van der Waals surface area contributed by atoms with Gasteiger partial charge in [0.05, 0.1) is 11.1 Å². The molecule has 0 saturated heterocycles. The van der Waals surface area contributed by atoms with Crippen molar-refractivity contribution in [1.82, 2.24) is 10.2 Å². The minimum absolute atomic E-state index is 0.0552. The first-order valence-corrected chi connectivity index (χ1v) is 8.31. The van der Waals surface area contributed by atoms with Gasteiger partial charge in [0.25, 0.3) is 0 Å². The van der Waals surface area contributed by atoms with E-state index in [0.29, 0.717) is 30.2 Å². The maximum atomic E-state index is 12.2. The highest BCUT2D eigenvalue weighted by Gasteiger charge is 2.22. The second kappa shape index (κ2) is 9.11. The van der Waals surface area contributed by atoms with E-state index in [2.05, 4.69) is 5.32 Å². The number of hydrogen-bond acceptors (Lipinski definition) is 5. The Kier molecular flexibility index (Phi) is 7.79. The first-order valence-electron chi connectivity index (χ1n) is 7.93. The van der Waals surface area contributed by atoms with E-state index in [1.165, 1.54) is 4.90 Å².